The van der Waals surface area contributed by atoms with E-state index in [1.807, 2.05) is 0 Å². The summed E-state index contributed by atoms with van der Waals surface area (Å²) in [5.74, 6) is 0.867. The molecule has 2 aliphatic rings. The fourth-order valence-electron chi connectivity index (χ4n) is 3.66. The summed E-state index contributed by atoms with van der Waals surface area (Å²) in [7, 11) is 0. The van der Waals surface area contributed by atoms with Crippen molar-refractivity contribution in [1.29, 1.82) is 0 Å². The van der Waals surface area contributed by atoms with Crippen molar-refractivity contribution in [2.75, 3.05) is 13.1 Å². The van der Waals surface area contributed by atoms with Crippen molar-refractivity contribution in [1.82, 2.24) is 10.6 Å². The van der Waals surface area contributed by atoms with Crippen LogP contribution in [0, 0.1) is 11.3 Å². The van der Waals surface area contributed by atoms with Gasteiger partial charge in [0.05, 0.1) is 0 Å². The molecule has 2 N–H and O–H groups in total. The van der Waals surface area contributed by atoms with E-state index in [4.69, 9.17) is 0 Å². The molecule has 2 rings (SSSR count). The molecule has 0 bridgehead atoms. The molecule has 0 aromatic carbocycles. The molecule has 2 heteroatoms. The zero-order valence-corrected chi connectivity index (χ0v) is 11.9. The predicted molar refractivity (Wildman–Crippen MR) is 74.2 cm³/mol. The van der Waals surface area contributed by atoms with Gasteiger partial charge in [0.1, 0.15) is 0 Å². The Labute approximate surface area is 107 Å². The molecule has 0 amide bonds. The average molecular weight is 238 g/mol. The van der Waals surface area contributed by atoms with Crippen LogP contribution in [-0.2, 0) is 0 Å². The molecule has 1 heterocycles. The zero-order valence-electron chi connectivity index (χ0n) is 11.9. The molecule has 2 nitrogen and oxygen atoms in total. The maximum atomic E-state index is 3.97. The molecule has 2 atom stereocenters. The molecule has 0 spiro atoms. The van der Waals surface area contributed by atoms with Crippen LogP contribution in [0.25, 0.3) is 0 Å². The molecular weight excluding hydrogens is 208 g/mol. The molecule has 0 aromatic rings. The van der Waals surface area contributed by atoms with Gasteiger partial charge < -0.3 is 10.6 Å². The highest BCUT2D eigenvalue weighted by Gasteiger charge is 2.34. The summed E-state index contributed by atoms with van der Waals surface area (Å²) in [6.07, 6.45) is 8.31. The van der Waals surface area contributed by atoms with E-state index in [1.165, 1.54) is 51.6 Å². The van der Waals surface area contributed by atoms with E-state index < -0.39 is 0 Å². The van der Waals surface area contributed by atoms with Crippen molar-refractivity contribution < 1.29 is 0 Å². The second-order valence-corrected chi connectivity index (χ2v) is 7.05. The molecular formula is C15H30N2. The van der Waals surface area contributed by atoms with E-state index in [2.05, 4.69) is 31.4 Å². The molecule has 1 aliphatic carbocycles. The molecule has 0 radical (unpaired) electrons. The van der Waals surface area contributed by atoms with E-state index in [-0.39, 0.29) is 0 Å². The summed E-state index contributed by atoms with van der Waals surface area (Å²) in [5, 5.41) is 7.43. The first-order chi connectivity index (χ1) is 8.07. The SMILES string of the molecule is CC(C)(C)C1CCCCC1NC1CCNCC1. The lowest BCUT2D eigenvalue weighted by Gasteiger charge is -2.43. The quantitative estimate of drug-likeness (QED) is 0.773. The molecule has 2 fully saturated rings. The van der Waals surface area contributed by atoms with E-state index in [0.29, 0.717) is 5.41 Å². The molecule has 1 saturated heterocycles. The third-order valence-electron chi connectivity index (χ3n) is 4.67. The summed E-state index contributed by atoms with van der Waals surface area (Å²) in [5.41, 5.74) is 0.463. The minimum atomic E-state index is 0.463. The normalized spacial score (nSPS) is 32.6. The molecule has 100 valence electrons. The van der Waals surface area contributed by atoms with Crippen LogP contribution in [0.1, 0.15) is 59.3 Å². The lowest BCUT2D eigenvalue weighted by molar-refractivity contribution is 0.118. The van der Waals surface area contributed by atoms with Gasteiger partial charge in [-0.3, -0.25) is 0 Å². The third kappa shape index (κ3) is 3.69. The van der Waals surface area contributed by atoms with Gasteiger partial charge in [-0.05, 0) is 50.1 Å². The second kappa shape index (κ2) is 5.71. The van der Waals surface area contributed by atoms with E-state index in [0.717, 1.165) is 18.0 Å². The van der Waals surface area contributed by atoms with Crippen LogP contribution >= 0.6 is 0 Å². The first-order valence-corrected chi connectivity index (χ1v) is 7.54. The van der Waals surface area contributed by atoms with Crippen LogP contribution in [0.15, 0.2) is 0 Å². The second-order valence-electron chi connectivity index (χ2n) is 7.05. The lowest BCUT2D eigenvalue weighted by atomic mass is 9.69. The standard InChI is InChI=1S/C15H30N2/c1-15(2,3)13-6-4-5-7-14(13)17-12-8-10-16-11-9-12/h12-14,16-17H,4-11H2,1-3H3. The third-order valence-corrected chi connectivity index (χ3v) is 4.67. The molecule has 1 aliphatic heterocycles. The van der Waals surface area contributed by atoms with Crippen LogP contribution in [0.3, 0.4) is 0 Å². The van der Waals surface area contributed by atoms with Gasteiger partial charge in [-0.25, -0.2) is 0 Å². The topological polar surface area (TPSA) is 24.1 Å². The largest absolute Gasteiger partial charge is 0.317 e. The highest BCUT2D eigenvalue weighted by Crippen LogP contribution is 2.38. The first-order valence-electron chi connectivity index (χ1n) is 7.54. The Morgan fingerprint density at radius 2 is 1.59 bits per heavy atom. The van der Waals surface area contributed by atoms with Crippen molar-refractivity contribution in [3.63, 3.8) is 0 Å². The molecule has 1 saturated carbocycles. The van der Waals surface area contributed by atoms with E-state index >= 15 is 0 Å². The Balaban J connectivity index is 1.91. The van der Waals surface area contributed by atoms with Crippen LogP contribution in [0.5, 0.6) is 0 Å². The Bertz CT molecular complexity index is 226. The fourth-order valence-corrected chi connectivity index (χ4v) is 3.66. The van der Waals surface area contributed by atoms with Crippen LogP contribution in [-0.4, -0.2) is 25.2 Å². The zero-order chi connectivity index (χ0) is 12.3. The molecule has 17 heavy (non-hydrogen) atoms. The van der Waals surface area contributed by atoms with Crippen molar-refractivity contribution >= 4 is 0 Å². The number of hydrogen-bond donors (Lipinski definition) is 2. The number of hydrogen-bond acceptors (Lipinski definition) is 2. The highest BCUT2D eigenvalue weighted by molar-refractivity contribution is 4.90. The lowest BCUT2D eigenvalue weighted by Crippen LogP contribution is -2.51. The average Bonchev–Trinajstić information content (AvgIpc) is 2.30. The Morgan fingerprint density at radius 1 is 0.941 bits per heavy atom. The van der Waals surface area contributed by atoms with Gasteiger partial charge in [0.25, 0.3) is 0 Å². The minimum Gasteiger partial charge on any atom is -0.317 e. The summed E-state index contributed by atoms with van der Waals surface area (Å²) >= 11 is 0. The van der Waals surface area contributed by atoms with Crippen molar-refractivity contribution in [2.45, 2.75) is 71.4 Å². The van der Waals surface area contributed by atoms with Crippen LogP contribution < -0.4 is 10.6 Å². The van der Waals surface area contributed by atoms with Gasteiger partial charge in [0, 0.05) is 12.1 Å². The number of piperidine rings is 1. The number of rotatable bonds is 2. The maximum absolute atomic E-state index is 3.97. The minimum absolute atomic E-state index is 0.463. The summed E-state index contributed by atoms with van der Waals surface area (Å²) in [6, 6.07) is 1.54. The van der Waals surface area contributed by atoms with Gasteiger partial charge in [0.15, 0.2) is 0 Å². The Morgan fingerprint density at radius 3 is 2.24 bits per heavy atom. The van der Waals surface area contributed by atoms with Crippen molar-refractivity contribution in [3.8, 4) is 0 Å². The Hall–Kier alpha value is -0.0800. The van der Waals surface area contributed by atoms with Gasteiger partial charge in [0.2, 0.25) is 0 Å². The van der Waals surface area contributed by atoms with E-state index in [1.54, 1.807) is 0 Å². The van der Waals surface area contributed by atoms with Gasteiger partial charge >= 0.3 is 0 Å². The molecule has 2 unspecified atom stereocenters. The van der Waals surface area contributed by atoms with Crippen LogP contribution in [0.4, 0.5) is 0 Å². The fraction of sp³-hybridized carbons (Fsp3) is 1.00. The maximum Gasteiger partial charge on any atom is 0.0103 e. The first kappa shape index (κ1) is 13.4. The predicted octanol–water partition coefficient (Wildman–Crippen LogP) is 2.93. The van der Waals surface area contributed by atoms with Crippen LogP contribution in [0.2, 0.25) is 0 Å². The van der Waals surface area contributed by atoms with Crippen molar-refractivity contribution in [2.24, 2.45) is 11.3 Å². The summed E-state index contributed by atoms with van der Waals surface area (Å²) < 4.78 is 0. The van der Waals surface area contributed by atoms with E-state index in [9.17, 15) is 0 Å². The van der Waals surface area contributed by atoms with Gasteiger partial charge in [-0.2, -0.15) is 0 Å². The summed E-state index contributed by atoms with van der Waals surface area (Å²) in [6.45, 7) is 9.65. The smallest absolute Gasteiger partial charge is 0.0103 e. The monoisotopic (exact) mass is 238 g/mol. The Kier molecular flexibility index (Phi) is 4.48. The molecule has 0 aromatic heterocycles. The van der Waals surface area contributed by atoms with Crippen molar-refractivity contribution in [3.05, 3.63) is 0 Å². The highest BCUT2D eigenvalue weighted by atomic mass is 15.0. The summed E-state index contributed by atoms with van der Waals surface area (Å²) in [4.78, 5) is 0. The number of nitrogens with one attached hydrogen (secondary N) is 2. The van der Waals surface area contributed by atoms with Gasteiger partial charge in [-0.1, -0.05) is 33.6 Å². The van der Waals surface area contributed by atoms with Gasteiger partial charge in [-0.15, -0.1) is 0 Å².